The van der Waals surface area contributed by atoms with Crippen molar-refractivity contribution >= 4 is 29.3 Å². The van der Waals surface area contributed by atoms with Gasteiger partial charge in [-0.15, -0.1) is 10.2 Å². The molecule has 0 spiro atoms. The van der Waals surface area contributed by atoms with Gasteiger partial charge in [-0.2, -0.15) is 25.8 Å². The van der Waals surface area contributed by atoms with Crippen molar-refractivity contribution in [2.75, 3.05) is 0 Å². The highest BCUT2D eigenvalue weighted by Gasteiger charge is 2.37. The van der Waals surface area contributed by atoms with Crippen LogP contribution in [0.2, 0.25) is 0 Å². The quantitative estimate of drug-likeness (QED) is 0.699. The van der Waals surface area contributed by atoms with E-state index in [1.54, 1.807) is 24.3 Å². The van der Waals surface area contributed by atoms with Gasteiger partial charge in [-0.25, -0.2) is 4.98 Å². The molecule has 0 amide bonds. The second kappa shape index (κ2) is 4.09. The first-order chi connectivity index (χ1) is 9.02. The SMILES string of the molecule is FC(F)(F)c1nnc2c(CS)nc3ccccc3n12. The van der Waals surface area contributed by atoms with Crippen molar-refractivity contribution in [3.63, 3.8) is 0 Å². The molecule has 2 heterocycles. The molecule has 8 heteroatoms. The van der Waals surface area contributed by atoms with Crippen molar-refractivity contribution in [2.45, 2.75) is 11.9 Å². The first-order valence-corrected chi connectivity index (χ1v) is 5.96. The van der Waals surface area contributed by atoms with E-state index in [0.29, 0.717) is 16.7 Å². The molecule has 0 unspecified atom stereocenters. The average Bonchev–Trinajstić information content (AvgIpc) is 2.82. The highest BCUT2D eigenvalue weighted by atomic mass is 32.1. The van der Waals surface area contributed by atoms with E-state index < -0.39 is 12.0 Å². The molecule has 98 valence electrons. The Balaban J connectivity index is 2.53. The van der Waals surface area contributed by atoms with Gasteiger partial charge in [0.25, 0.3) is 0 Å². The molecular formula is C11H7F3N4S. The number of alkyl halides is 3. The van der Waals surface area contributed by atoms with Gasteiger partial charge in [0.1, 0.15) is 0 Å². The smallest absolute Gasteiger partial charge is 0.268 e. The normalized spacial score (nSPS) is 12.4. The Kier molecular flexibility index (Phi) is 2.63. The highest BCUT2D eigenvalue weighted by Crippen LogP contribution is 2.30. The van der Waals surface area contributed by atoms with E-state index in [0.717, 1.165) is 4.40 Å². The van der Waals surface area contributed by atoms with E-state index in [1.165, 1.54) is 0 Å². The summed E-state index contributed by atoms with van der Waals surface area (Å²) < 4.78 is 39.8. The van der Waals surface area contributed by atoms with E-state index in [-0.39, 0.29) is 11.4 Å². The molecule has 0 N–H and O–H groups in total. The molecule has 19 heavy (non-hydrogen) atoms. The fourth-order valence-electron chi connectivity index (χ4n) is 1.93. The second-order valence-electron chi connectivity index (χ2n) is 3.89. The molecule has 1 aromatic carbocycles. The monoisotopic (exact) mass is 284 g/mol. The van der Waals surface area contributed by atoms with Crippen LogP contribution < -0.4 is 0 Å². The number of fused-ring (bicyclic) bond motifs is 3. The Morgan fingerprint density at radius 3 is 2.58 bits per heavy atom. The zero-order chi connectivity index (χ0) is 13.6. The van der Waals surface area contributed by atoms with Gasteiger partial charge in [0.2, 0.25) is 5.82 Å². The Morgan fingerprint density at radius 2 is 1.89 bits per heavy atom. The Bertz CT molecular complexity index is 766. The molecule has 0 fully saturated rings. The molecule has 3 rings (SSSR count). The maximum Gasteiger partial charge on any atom is 0.452 e. The lowest BCUT2D eigenvalue weighted by atomic mass is 10.3. The average molecular weight is 284 g/mol. The van der Waals surface area contributed by atoms with Crippen molar-refractivity contribution in [1.29, 1.82) is 0 Å². The minimum Gasteiger partial charge on any atom is -0.268 e. The second-order valence-corrected chi connectivity index (χ2v) is 4.20. The summed E-state index contributed by atoms with van der Waals surface area (Å²) in [6.45, 7) is 0. The fraction of sp³-hybridized carbons (Fsp3) is 0.182. The van der Waals surface area contributed by atoms with Crippen LogP contribution in [-0.2, 0) is 11.9 Å². The summed E-state index contributed by atoms with van der Waals surface area (Å²) in [5.74, 6) is -0.867. The fourth-order valence-corrected chi connectivity index (χ4v) is 2.14. The van der Waals surface area contributed by atoms with Crippen molar-refractivity contribution in [3.8, 4) is 0 Å². The van der Waals surface area contributed by atoms with E-state index in [9.17, 15) is 13.2 Å². The van der Waals surface area contributed by atoms with Gasteiger partial charge in [0.15, 0.2) is 5.65 Å². The van der Waals surface area contributed by atoms with E-state index in [1.807, 2.05) is 0 Å². The molecule has 0 saturated carbocycles. The van der Waals surface area contributed by atoms with Crippen LogP contribution in [0.1, 0.15) is 11.5 Å². The standard InChI is InChI=1S/C11H7F3N4S/c12-11(13,14)10-17-16-9-7(5-19)15-6-3-1-2-4-8(6)18(9)10/h1-4,19H,5H2. The van der Waals surface area contributed by atoms with Crippen LogP contribution in [0.3, 0.4) is 0 Å². The van der Waals surface area contributed by atoms with Crippen molar-refractivity contribution < 1.29 is 13.2 Å². The summed E-state index contributed by atoms with van der Waals surface area (Å²) >= 11 is 4.07. The molecule has 4 nitrogen and oxygen atoms in total. The Labute approximate surface area is 110 Å². The summed E-state index contributed by atoms with van der Waals surface area (Å²) in [6.07, 6.45) is -4.57. The molecule has 2 aromatic heterocycles. The predicted octanol–water partition coefficient (Wildman–Crippen LogP) is 2.73. The number of hydrogen-bond donors (Lipinski definition) is 1. The Morgan fingerprint density at radius 1 is 1.16 bits per heavy atom. The molecule has 0 atom stereocenters. The van der Waals surface area contributed by atoms with Gasteiger partial charge < -0.3 is 0 Å². The summed E-state index contributed by atoms with van der Waals surface area (Å²) in [7, 11) is 0. The molecule has 0 aliphatic rings. The van der Waals surface area contributed by atoms with Gasteiger partial charge in [0, 0.05) is 5.75 Å². The Hall–Kier alpha value is -1.83. The molecule has 0 bridgehead atoms. The lowest BCUT2D eigenvalue weighted by molar-refractivity contribution is -0.145. The summed E-state index contributed by atoms with van der Waals surface area (Å²) in [6, 6.07) is 6.54. The van der Waals surface area contributed by atoms with Crippen molar-refractivity contribution in [1.82, 2.24) is 19.6 Å². The third kappa shape index (κ3) is 1.83. The van der Waals surface area contributed by atoms with E-state index in [2.05, 4.69) is 27.8 Å². The number of hydrogen-bond acceptors (Lipinski definition) is 4. The third-order valence-electron chi connectivity index (χ3n) is 2.70. The van der Waals surface area contributed by atoms with Gasteiger partial charge in [-0.05, 0) is 12.1 Å². The summed E-state index contributed by atoms with van der Waals surface area (Å²) in [4.78, 5) is 4.25. The van der Waals surface area contributed by atoms with Crippen molar-refractivity contribution in [3.05, 3.63) is 35.8 Å². The first-order valence-electron chi connectivity index (χ1n) is 5.33. The molecule has 0 aliphatic heterocycles. The van der Waals surface area contributed by atoms with Crippen LogP contribution in [0.4, 0.5) is 13.2 Å². The number of para-hydroxylation sites is 2. The van der Waals surface area contributed by atoms with Crippen molar-refractivity contribution in [2.24, 2.45) is 0 Å². The number of halogens is 3. The zero-order valence-electron chi connectivity index (χ0n) is 9.39. The number of thiol groups is 1. The minimum absolute atomic E-state index is 0.0843. The number of aromatic nitrogens is 4. The molecule has 0 saturated heterocycles. The van der Waals surface area contributed by atoms with E-state index >= 15 is 0 Å². The molecule has 3 aromatic rings. The van der Waals surface area contributed by atoms with Crippen LogP contribution in [0.5, 0.6) is 0 Å². The number of benzene rings is 1. The third-order valence-corrected chi connectivity index (χ3v) is 3.00. The van der Waals surface area contributed by atoms with Gasteiger partial charge in [-0.1, -0.05) is 12.1 Å². The molecular weight excluding hydrogens is 277 g/mol. The minimum atomic E-state index is -4.57. The number of rotatable bonds is 1. The van der Waals surface area contributed by atoms with Gasteiger partial charge in [-0.3, -0.25) is 4.40 Å². The highest BCUT2D eigenvalue weighted by molar-refractivity contribution is 7.79. The maximum absolute atomic E-state index is 13.0. The topological polar surface area (TPSA) is 43.1 Å². The predicted molar refractivity (Wildman–Crippen MR) is 66.0 cm³/mol. The van der Waals surface area contributed by atoms with Crippen LogP contribution in [-0.4, -0.2) is 19.6 Å². The molecule has 0 radical (unpaired) electrons. The van der Waals surface area contributed by atoms with Gasteiger partial charge >= 0.3 is 6.18 Å². The van der Waals surface area contributed by atoms with Crippen LogP contribution in [0, 0.1) is 0 Å². The van der Waals surface area contributed by atoms with Crippen LogP contribution in [0.25, 0.3) is 16.7 Å². The lowest BCUT2D eigenvalue weighted by Crippen LogP contribution is -2.12. The van der Waals surface area contributed by atoms with Crippen LogP contribution >= 0.6 is 12.6 Å². The zero-order valence-corrected chi connectivity index (χ0v) is 10.3. The lowest BCUT2D eigenvalue weighted by Gasteiger charge is -2.08. The number of nitrogens with zero attached hydrogens (tertiary/aromatic N) is 4. The first kappa shape index (κ1) is 12.2. The summed E-state index contributed by atoms with van der Waals surface area (Å²) in [5, 5.41) is 6.83. The van der Waals surface area contributed by atoms with Crippen LogP contribution in [0.15, 0.2) is 24.3 Å². The van der Waals surface area contributed by atoms with Gasteiger partial charge in [0.05, 0.1) is 16.7 Å². The van der Waals surface area contributed by atoms with E-state index in [4.69, 9.17) is 0 Å². The summed E-state index contributed by atoms with van der Waals surface area (Å²) in [5.41, 5.74) is 1.22. The largest absolute Gasteiger partial charge is 0.452 e. The maximum atomic E-state index is 13.0. The molecule has 0 aliphatic carbocycles.